The number of furan rings is 1. The van der Waals surface area contributed by atoms with Gasteiger partial charge in [-0.05, 0) is 52.6 Å². The molecule has 0 saturated carbocycles. The summed E-state index contributed by atoms with van der Waals surface area (Å²) in [4.78, 5) is 0. The lowest BCUT2D eigenvalue weighted by Crippen LogP contribution is -2.03. The number of nitrogens with zero attached hydrogens (tertiary/aromatic N) is 1. The second kappa shape index (κ2) is 10.4. The quantitative estimate of drug-likeness (QED) is 0.185. The highest BCUT2D eigenvalue weighted by atomic mass is 16.3. The van der Waals surface area contributed by atoms with E-state index < -0.39 is 12.0 Å². The van der Waals surface area contributed by atoms with Gasteiger partial charge in [0, 0.05) is 38.7 Å². The van der Waals surface area contributed by atoms with Crippen molar-refractivity contribution in [1.82, 2.24) is 4.57 Å². The lowest BCUT2D eigenvalue weighted by Gasteiger charge is -2.19. The maximum atomic E-state index is 8.94. The van der Waals surface area contributed by atoms with Crippen LogP contribution in [0, 0.1) is 0 Å². The summed E-state index contributed by atoms with van der Waals surface area (Å²) in [5.74, 6) is -0.651. The molecule has 7 aromatic carbocycles. The Hall–Kier alpha value is -5.86. The summed E-state index contributed by atoms with van der Waals surface area (Å²) in [5.41, 5.74) is 8.63. The van der Waals surface area contributed by atoms with Crippen LogP contribution in [-0.2, 0) is 0 Å². The molecular weight excluding hydrogens is 546 g/mol. The molecule has 45 heavy (non-hydrogen) atoms. The number of aromatic nitrogens is 1. The molecule has 2 heterocycles. The Morgan fingerprint density at radius 3 is 2.04 bits per heavy atom. The van der Waals surface area contributed by atoms with Crippen molar-refractivity contribution in [3.8, 4) is 16.8 Å². The number of para-hydroxylation sites is 4. The van der Waals surface area contributed by atoms with E-state index in [1.807, 2.05) is 60.7 Å². The first-order valence-corrected chi connectivity index (χ1v) is 15.1. The van der Waals surface area contributed by atoms with E-state index in [-0.39, 0.29) is 29.7 Å². The van der Waals surface area contributed by atoms with Gasteiger partial charge in [0.25, 0.3) is 0 Å². The molecule has 0 aliphatic heterocycles. The first-order chi connectivity index (χ1) is 24.4. The molecule has 0 aliphatic rings. The largest absolute Gasteiger partial charge is 0.456 e. The molecule has 1 atom stereocenters. The van der Waals surface area contributed by atoms with Gasteiger partial charge in [-0.1, -0.05) is 139 Å². The average molecular weight is 581 g/mol. The molecule has 212 valence electrons. The predicted molar refractivity (Wildman–Crippen MR) is 187 cm³/mol. The van der Waals surface area contributed by atoms with E-state index in [2.05, 4.69) is 83.4 Å². The highest BCUT2D eigenvalue weighted by Crippen LogP contribution is 2.40. The number of hydrogen-bond donors (Lipinski definition) is 0. The molecule has 9 aromatic rings. The van der Waals surface area contributed by atoms with Gasteiger partial charge in [-0.2, -0.15) is 0 Å². The monoisotopic (exact) mass is 580 g/mol. The summed E-state index contributed by atoms with van der Waals surface area (Å²) in [5, 5.41) is 4.29. The second-order valence-corrected chi connectivity index (χ2v) is 11.3. The Balaban J connectivity index is 1.25. The molecule has 1 unspecified atom stereocenters. The lowest BCUT2D eigenvalue weighted by molar-refractivity contribution is 0.668. The summed E-state index contributed by atoms with van der Waals surface area (Å²) in [6.07, 6.45) is 0. The lowest BCUT2D eigenvalue weighted by atomic mass is 9.84. The van der Waals surface area contributed by atoms with Crippen molar-refractivity contribution >= 4 is 43.7 Å². The van der Waals surface area contributed by atoms with Crippen LogP contribution in [0.4, 0.5) is 0 Å². The van der Waals surface area contributed by atoms with Gasteiger partial charge in [0.1, 0.15) is 11.2 Å². The first kappa shape index (κ1) is 20.9. The number of hydrogen-bond acceptors (Lipinski definition) is 1. The maximum absolute atomic E-state index is 8.94. The standard InChI is InChI=1S/C43H29NO/c1-3-12-30(13-4-1)42(32-26-27-37-36-17-8-10-21-40(36)45-41(37)28-32)31-24-22-29(23-25-31)34-18-11-19-38-35-16-7-9-20-39(35)44(43(34)38)33-14-5-2-6-15-33/h1-28,42H/i1D,3D,4D,12D,13D. The van der Waals surface area contributed by atoms with Gasteiger partial charge in [0.2, 0.25) is 0 Å². The van der Waals surface area contributed by atoms with Crippen molar-refractivity contribution in [1.29, 1.82) is 0 Å². The fraction of sp³-hybridized carbons (Fsp3) is 0.0233. The smallest absolute Gasteiger partial charge is 0.135 e. The molecule has 0 radical (unpaired) electrons. The second-order valence-electron chi connectivity index (χ2n) is 11.3. The van der Waals surface area contributed by atoms with E-state index in [0.717, 1.165) is 60.7 Å². The predicted octanol–water partition coefficient (Wildman–Crippen LogP) is 11.5. The van der Waals surface area contributed by atoms with Crippen LogP contribution >= 0.6 is 0 Å². The molecule has 0 N–H and O–H groups in total. The van der Waals surface area contributed by atoms with Crippen molar-refractivity contribution < 1.29 is 11.3 Å². The Labute approximate surface area is 268 Å². The van der Waals surface area contributed by atoms with E-state index >= 15 is 0 Å². The Morgan fingerprint density at radius 1 is 0.511 bits per heavy atom. The van der Waals surface area contributed by atoms with Gasteiger partial charge >= 0.3 is 0 Å². The number of rotatable bonds is 5. The van der Waals surface area contributed by atoms with Crippen LogP contribution in [0.2, 0.25) is 0 Å². The highest BCUT2D eigenvalue weighted by molar-refractivity contribution is 6.13. The molecule has 2 aromatic heterocycles. The SMILES string of the molecule is [2H]c1c([2H])c([2H])c(C(c2ccc(-c3cccc4c5ccccc5n(-c5ccccc5)c34)cc2)c2ccc3c(c2)oc2ccccc23)c([2H])c1[2H]. The minimum absolute atomic E-state index is 0.216. The molecule has 9 rings (SSSR count). The van der Waals surface area contributed by atoms with Crippen LogP contribution < -0.4 is 0 Å². The van der Waals surface area contributed by atoms with Crippen LogP contribution in [0.3, 0.4) is 0 Å². The van der Waals surface area contributed by atoms with Crippen molar-refractivity contribution in [3.63, 3.8) is 0 Å². The maximum Gasteiger partial charge on any atom is 0.135 e. The van der Waals surface area contributed by atoms with E-state index in [1.54, 1.807) is 0 Å². The number of fused-ring (bicyclic) bond motifs is 6. The van der Waals surface area contributed by atoms with Gasteiger partial charge in [-0.25, -0.2) is 0 Å². The zero-order chi connectivity index (χ0) is 34.1. The van der Waals surface area contributed by atoms with Crippen LogP contribution in [0.25, 0.3) is 60.6 Å². The third-order valence-electron chi connectivity index (χ3n) is 8.81. The molecule has 0 bridgehead atoms. The molecule has 0 amide bonds. The summed E-state index contributed by atoms with van der Waals surface area (Å²) in [6.45, 7) is 0. The van der Waals surface area contributed by atoms with Crippen LogP contribution in [0.5, 0.6) is 0 Å². The molecule has 0 saturated heterocycles. The molecule has 2 nitrogen and oxygen atoms in total. The number of benzene rings is 7. The molecule has 2 heteroatoms. The Bertz CT molecular complexity index is 2740. The average Bonchev–Trinajstić information content (AvgIpc) is 3.71. The Morgan fingerprint density at radius 2 is 1.20 bits per heavy atom. The van der Waals surface area contributed by atoms with Crippen molar-refractivity contribution in [2.45, 2.75) is 5.92 Å². The fourth-order valence-electron chi connectivity index (χ4n) is 6.80. The van der Waals surface area contributed by atoms with E-state index in [4.69, 9.17) is 11.3 Å². The molecule has 0 fully saturated rings. The van der Waals surface area contributed by atoms with E-state index in [1.165, 1.54) is 5.39 Å². The van der Waals surface area contributed by atoms with Crippen LogP contribution in [0.1, 0.15) is 29.5 Å². The molecule has 0 aliphatic carbocycles. The van der Waals surface area contributed by atoms with Crippen molar-refractivity contribution in [2.24, 2.45) is 0 Å². The third kappa shape index (κ3) is 4.18. The van der Waals surface area contributed by atoms with Crippen molar-refractivity contribution in [2.75, 3.05) is 0 Å². The van der Waals surface area contributed by atoms with E-state index in [0.29, 0.717) is 5.58 Å². The van der Waals surface area contributed by atoms with Crippen LogP contribution in [0.15, 0.2) is 174 Å². The zero-order valence-electron chi connectivity index (χ0n) is 29.2. The summed E-state index contributed by atoms with van der Waals surface area (Å²) in [6, 6.07) is 45.6. The summed E-state index contributed by atoms with van der Waals surface area (Å²) in [7, 11) is 0. The fourth-order valence-corrected chi connectivity index (χ4v) is 6.80. The topological polar surface area (TPSA) is 18.1 Å². The van der Waals surface area contributed by atoms with Gasteiger partial charge in [-0.3, -0.25) is 0 Å². The van der Waals surface area contributed by atoms with E-state index in [9.17, 15) is 0 Å². The van der Waals surface area contributed by atoms with Gasteiger partial charge in [0.05, 0.1) is 17.9 Å². The summed E-state index contributed by atoms with van der Waals surface area (Å²) >= 11 is 0. The molecule has 0 spiro atoms. The van der Waals surface area contributed by atoms with Gasteiger partial charge in [0.15, 0.2) is 0 Å². The normalized spacial score (nSPS) is 13.9. The van der Waals surface area contributed by atoms with Crippen molar-refractivity contribution in [3.05, 3.63) is 186 Å². The first-order valence-electron chi connectivity index (χ1n) is 17.6. The minimum Gasteiger partial charge on any atom is -0.456 e. The third-order valence-corrected chi connectivity index (χ3v) is 8.81. The highest BCUT2D eigenvalue weighted by Gasteiger charge is 2.20. The zero-order valence-corrected chi connectivity index (χ0v) is 24.2. The van der Waals surface area contributed by atoms with Gasteiger partial charge < -0.3 is 8.98 Å². The van der Waals surface area contributed by atoms with Gasteiger partial charge in [-0.15, -0.1) is 0 Å². The Kier molecular flexibility index (Phi) is 4.84. The summed E-state index contributed by atoms with van der Waals surface area (Å²) < 4.78 is 51.7. The van der Waals surface area contributed by atoms with Crippen LogP contribution in [-0.4, -0.2) is 4.57 Å². The molecular formula is C43H29NO. The minimum atomic E-state index is -0.651.